The predicted molar refractivity (Wildman–Crippen MR) is 99.6 cm³/mol. The van der Waals surface area contributed by atoms with Crippen LogP contribution in [-0.2, 0) is 13.0 Å². The van der Waals surface area contributed by atoms with E-state index in [1.807, 2.05) is 27.7 Å². The Morgan fingerprint density at radius 1 is 1.11 bits per heavy atom. The summed E-state index contributed by atoms with van der Waals surface area (Å²) in [6, 6.07) is 3.45. The van der Waals surface area contributed by atoms with E-state index < -0.39 is 0 Å². The standard InChI is InChI=1S/C20H26N2O5/c1-5-24-16-10-14(11-17(25-6-2)19(16)26-7-3)20(23)22-9-8-15-13(4)21-27-18(15)12-22/h10-11H,5-9,12H2,1-4H3. The van der Waals surface area contributed by atoms with Crippen LogP contribution in [0.2, 0.25) is 0 Å². The average Bonchev–Trinajstić information content (AvgIpc) is 3.04. The summed E-state index contributed by atoms with van der Waals surface area (Å²) in [7, 11) is 0. The maximum absolute atomic E-state index is 13.1. The van der Waals surface area contributed by atoms with Crippen molar-refractivity contribution in [3.8, 4) is 17.2 Å². The third kappa shape index (κ3) is 3.86. The molecule has 1 aliphatic rings. The normalized spacial score (nSPS) is 13.3. The van der Waals surface area contributed by atoms with Gasteiger partial charge in [-0.3, -0.25) is 4.79 Å². The van der Waals surface area contributed by atoms with Crippen molar-refractivity contribution >= 4 is 5.91 Å². The van der Waals surface area contributed by atoms with Crippen LogP contribution in [0.15, 0.2) is 16.7 Å². The van der Waals surface area contributed by atoms with Gasteiger partial charge in [0.05, 0.1) is 32.1 Å². The van der Waals surface area contributed by atoms with E-state index in [2.05, 4.69) is 5.16 Å². The number of ether oxygens (including phenoxy) is 3. The molecule has 7 heteroatoms. The summed E-state index contributed by atoms with van der Waals surface area (Å²) < 4.78 is 22.5. The number of carbonyl (C=O) groups excluding carboxylic acids is 1. The van der Waals surface area contributed by atoms with Crippen LogP contribution < -0.4 is 14.2 Å². The summed E-state index contributed by atoms with van der Waals surface area (Å²) in [6.45, 7) is 10.1. The van der Waals surface area contributed by atoms with E-state index >= 15 is 0 Å². The third-order valence-corrected chi connectivity index (χ3v) is 4.48. The van der Waals surface area contributed by atoms with Crippen LogP contribution in [0.5, 0.6) is 17.2 Å². The van der Waals surface area contributed by atoms with Gasteiger partial charge in [0.1, 0.15) is 0 Å². The molecule has 0 radical (unpaired) electrons. The molecule has 146 valence electrons. The van der Waals surface area contributed by atoms with Crippen molar-refractivity contribution in [2.75, 3.05) is 26.4 Å². The zero-order chi connectivity index (χ0) is 19.4. The molecule has 3 rings (SSSR count). The lowest BCUT2D eigenvalue weighted by Crippen LogP contribution is -2.35. The topological polar surface area (TPSA) is 74.0 Å². The van der Waals surface area contributed by atoms with E-state index in [0.29, 0.717) is 55.7 Å². The summed E-state index contributed by atoms with van der Waals surface area (Å²) in [6.07, 6.45) is 0.740. The molecule has 0 fully saturated rings. The molecule has 0 saturated carbocycles. The van der Waals surface area contributed by atoms with Gasteiger partial charge in [0.25, 0.3) is 5.91 Å². The SMILES string of the molecule is CCOc1cc(C(=O)N2CCc3c(C)noc3C2)cc(OCC)c1OCC. The lowest BCUT2D eigenvalue weighted by molar-refractivity contribution is 0.0715. The highest BCUT2D eigenvalue weighted by Gasteiger charge is 2.28. The van der Waals surface area contributed by atoms with E-state index in [1.54, 1.807) is 17.0 Å². The van der Waals surface area contributed by atoms with Crippen LogP contribution in [0.25, 0.3) is 0 Å². The number of benzene rings is 1. The Bertz CT molecular complexity index is 788. The van der Waals surface area contributed by atoms with Crippen LogP contribution in [0.4, 0.5) is 0 Å². The van der Waals surface area contributed by atoms with E-state index in [9.17, 15) is 4.79 Å². The summed E-state index contributed by atoms with van der Waals surface area (Å²) in [5, 5.41) is 4.00. The fourth-order valence-corrected chi connectivity index (χ4v) is 3.25. The largest absolute Gasteiger partial charge is 0.490 e. The Morgan fingerprint density at radius 2 is 1.74 bits per heavy atom. The predicted octanol–water partition coefficient (Wildman–Crippen LogP) is 3.38. The second-order valence-electron chi connectivity index (χ2n) is 6.25. The van der Waals surface area contributed by atoms with Crippen LogP contribution >= 0.6 is 0 Å². The van der Waals surface area contributed by atoms with Crippen molar-refractivity contribution in [3.63, 3.8) is 0 Å². The van der Waals surface area contributed by atoms with Gasteiger partial charge >= 0.3 is 0 Å². The molecule has 1 amide bonds. The number of hydrogen-bond acceptors (Lipinski definition) is 6. The van der Waals surface area contributed by atoms with Gasteiger partial charge in [-0.25, -0.2) is 0 Å². The summed E-state index contributed by atoms with van der Waals surface area (Å²) in [5.41, 5.74) is 2.51. The van der Waals surface area contributed by atoms with Crippen LogP contribution in [0, 0.1) is 6.92 Å². The molecular formula is C20H26N2O5. The molecule has 2 aromatic rings. The molecule has 1 aromatic carbocycles. The number of aromatic nitrogens is 1. The maximum Gasteiger partial charge on any atom is 0.254 e. The van der Waals surface area contributed by atoms with Gasteiger partial charge < -0.3 is 23.6 Å². The fourth-order valence-electron chi connectivity index (χ4n) is 3.25. The second kappa shape index (κ2) is 8.33. The monoisotopic (exact) mass is 374 g/mol. The minimum Gasteiger partial charge on any atom is -0.490 e. The minimum atomic E-state index is -0.0975. The van der Waals surface area contributed by atoms with Crippen LogP contribution in [0.3, 0.4) is 0 Å². The molecule has 0 spiro atoms. The Hall–Kier alpha value is -2.70. The first-order chi connectivity index (χ1) is 13.1. The first-order valence-electron chi connectivity index (χ1n) is 9.38. The summed E-state index contributed by atoms with van der Waals surface area (Å²) in [5.74, 6) is 2.22. The second-order valence-corrected chi connectivity index (χ2v) is 6.25. The number of amides is 1. The quantitative estimate of drug-likeness (QED) is 0.740. The molecule has 0 aliphatic carbocycles. The molecule has 0 bridgehead atoms. The van der Waals surface area contributed by atoms with Gasteiger partial charge in [-0.1, -0.05) is 5.16 Å². The van der Waals surface area contributed by atoms with Crippen molar-refractivity contribution < 1.29 is 23.5 Å². The minimum absolute atomic E-state index is 0.0975. The third-order valence-electron chi connectivity index (χ3n) is 4.48. The van der Waals surface area contributed by atoms with Gasteiger partial charge in [-0.2, -0.15) is 0 Å². The Labute approximate surface area is 159 Å². The smallest absolute Gasteiger partial charge is 0.254 e. The van der Waals surface area contributed by atoms with Crippen molar-refractivity contribution in [3.05, 3.63) is 34.7 Å². The lowest BCUT2D eigenvalue weighted by atomic mass is 10.0. The lowest BCUT2D eigenvalue weighted by Gasteiger charge is -2.26. The number of hydrogen-bond donors (Lipinski definition) is 0. The van der Waals surface area contributed by atoms with E-state index in [-0.39, 0.29) is 5.91 Å². The number of aryl methyl sites for hydroxylation is 1. The molecule has 27 heavy (non-hydrogen) atoms. The average molecular weight is 374 g/mol. The number of rotatable bonds is 7. The molecule has 0 N–H and O–H groups in total. The van der Waals surface area contributed by atoms with E-state index in [0.717, 1.165) is 23.4 Å². The maximum atomic E-state index is 13.1. The first kappa shape index (κ1) is 19.1. The summed E-state index contributed by atoms with van der Waals surface area (Å²) in [4.78, 5) is 14.9. The zero-order valence-electron chi connectivity index (χ0n) is 16.3. The van der Waals surface area contributed by atoms with Crippen LogP contribution in [0.1, 0.15) is 48.1 Å². The fraction of sp³-hybridized carbons (Fsp3) is 0.500. The molecule has 0 atom stereocenters. The van der Waals surface area contributed by atoms with Gasteiger partial charge in [-0.15, -0.1) is 0 Å². The van der Waals surface area contributed by atoms with Gasteiger partial charge in [-0.05, 0) is 46.2 Å². The Morgan fingerprint density at radius 3 is 2.33 bits per heavy atom. The molecule has 2 heterocycles. The zero-order valence-corrected chi connectivity index (χ0v) is 16.3. The van der Waals surface area contributed by atoms with E-state index in [1.165, 1.54) is 0 Å². The van der Waals surface area contributed by atoms with Gasteiger partial charge in [0, 0.05) is 17.7 Å². The number of carbonyl (C=O) groups is 1. The number of fused-ring (bicyclic) bond motifs is 1. The molecule has 1 aliphatic heterocycles. The van der Waals surface area contributed by atoms with Crippen molar-refractivity contribution in [1.82, 2.24) is 10.1 Å². The van der Waals surface area contributed by atoms with Crippen molar-refractivity contribution in [2.45, 2.75) is 40.7 Å². The van der Waals surface area contributed by atoms with Crippen molar-refractivity contribution in [1.29, 1.82) is 0 Å². The molecule has 7 nitrogen and oxygen atoms in total. The highest BCUT2D eigenvalue weighted by Crippen LogP contribution is 2.39. The summed E-state index contributed by atoms with van der Waals surface area (Å²) >= 11 is 0. The Kier molecular flexibility index (Phi) is 5.88. The molecular weight excluding hydrogens is 348 g/mol. The molecule has 0 saturated heterocycles. The van der Waals surface area contributed by atoms with E-state index in [4.69, 9.17) is 18.7 Å². The molecule has 0 unspecified atom stereocenters. The number of nitrogens with zero attached hydrogens (tertiary/aromatic N) is 2. The van der Waals surface area contributed by atoms with Crippen molar-refractivity contribution in [2.24, 2.45) is 0 Å². The van der Waals surface area contributed by atoms with Gasteiger partial charge in [0.2, 0.25) is 5.75 Å². The highest BCUT2D eigenvalue weighted by molar-refractivity contribution is 5.95. The Balaban J connectivity index is 1.91. The van der Waals surface area contributed by atoms with Gasteiger partial charge in [0.15, 0.2) is 17.3 Å². The van der Waals surface area contributed by atoms with Crippen LogP contribution in [-0.4, -0.2) is 42.3 Å². The highest BCUT2D eigenvalue weighted by atomic mass is 16.5. The molecule has 1 aromatic heterocycles. The first-order valence-corrected chi connectivity index (χ1v) is 9.38.